The Hall–Kier alpha value is -1.56. The molecule has 1 heterocycles. The van der Waals surface area contributed by atoms with E-state index in [9.17, 15) is 18.3 Å². The third kappa shape index (κ3) is 3.47. The van der Waals surface area contributed by atoms with Crippen molar-refractivity contribution in [1.29, 1.82) is 0 Å². The van der Waals surface area contributed by atoms with Crippen LogP contribution in [0.1, 0.15) is 18.5 Å². The third-order valence-electron chi connectivity index (χ3n) is 3.02. The van der Waals surface area contributed by atoms with Crippen LogP contribution in [0, 0.1) is 0 Å². The van der Waals surface area contributed by atoms with Crippen LogP contribution in [0.25, 0.3) is 10.9 Å². The van der Waals surface area contributed by atoms with Crippen LogP contribution in [-0.4, -0.2) is 27.2 Å². The van der Waals surface area contributed by atoms with Crippen molar-refractivity contribution in [3.05, 3.63) is 30.0 Å². The lowest BCUT2D eigenvalue weighted by atomic mass is 10.1. The second kappa shape index (κ2) is 5.21. The zero-order valence-corrected chi connectivity index (χ0v) is 10.5. The number of hydrogen-bond acceptors (Lipinski definition) is 2. The average Bonchev–Trinajstić information content (AvgIpc) is 2.64. The molecule has 1 N–H and O–H groups in total. The number of aryl methyl sites for hydroxylation is 1. The predicted molar refractivity (Wildman–Crippen MR) is 65.7 cm³/mol. The minimum atomic E-state index is -4.23. The monoisotopic (exact) mass is 272 g/mol. The van der Waals surface area contributed by atoms with E-state index < -0.39 is 18.7 Å². The summed E-state index contributed by atoms with van der Waals surface area (Å²) in [6, 6.07) is 7.45. The first-order valence-corrected chi connectivity index (χ1v) is 6.02. The van der Waals surface area contributed by atoms with Crippen LogP contribution in [0.5, 0.6) is 0 Å². The lowest BCUT2D eigenvalue weighted by Crippen LogP contribution is -2.16. The molecule has 2 rings (SSSR count). The van der Waals surface area contributed by atoms with E-state index in [-0.39, 0.29) is 12.8 Å². The number of aromatic nitrogens is 2. The molecule has 0 aliphatic carbocycles. The third-order valence-corrected chi connectivity index (χ3v) is 3.02. The molecule has 6 heteroatoms. The standard InChI is InChI=1S/C13H15F3N2O/c1-18-12-5-3-2-4-10(12)11(17-18)8-9(19)6-7-13(14,15)16/h2-5,9,19H,6-8H2,1H3. The van der Waals surface area contributed by atoms with Crippen LogP contribution in [0.15, 0.2) is 24.3 Å². The van der Waals surface area contributed by atoms with Crippen LogP contribution >= 0.6 is 0 Å². The summed E-state index contributed by atoms with van der Waals surface area (Å²) in [5, 5.41) is 14.8. The SMILES string of the molecule is Cn1nc(CC(O)CCC(F)(F)F)c2ccccc21. The van der Waals surface area contributed by atoms with Gasteiger partial charge in [0.15, 0.2) is 0 Å². The molecule has 0 fully saturated rings. The molecule has 19 heavy (non-hydrogen) atoms. The Morgan fingerprint density at radius 1 is 1.32 bits per heavy atom. The molecule has 1 aromatic heterocycles. The Balaban J connectivity index is 2.09. The highest BCUT2D eigenvalue weighted by Gasteiger charge is 2.28. The summed E-state index contributed by atoms with van der Waals surface area (Å²) in [5.41, 5.74) is 1.54. The molecule has 1 atom stereocenters. The molecule has 0 aliphatic heterocycles. The highest BCUT2D eigenvalue weighted by molar-refractivity contribution is 5.81. The Labute approximate surface area is 108 Å². The normalized spacial score (nSPS) is 13.9. The fraction of sp³-hybridized carbons (Fsp3) is 0.462. The van der Waals surface area contributed by atoms with Gasteiger partial charge in [-0.3, -0.25) is 4.68 Å². The van der Waals surface area contributed by atoms with E-state index in [1.807, 2.05) is 24.3 Å². The van der Waals surface area contributed by atoms with Gasteiger partial charge in [0, 0.05) is 25.3 Å². The van der Waals surface area contributed by atoms with Crippen molar-refractivity contribution in [2.75, 3.05) is 0 Å². The van der Waals surface area contributed by atoms with Crippen molar-refractivity contribution in [3.63, 3.8) is 0 Å². The quantitative estimate of drug-likeness (QED) is 0.929. The van der Waals surface area contributed by atoms with E-state index in [0.717, 1.165) is 10.9 Å². The number of hydrogen-bond donors (Lipinski definition) is 1. The zero-order chi connectivity index (χ0) is 14.0. The number of benzene rings is 1. The second-order valence-electron chi connectivity index (χ2n) is 4.60. The molecule has 1 aromatic carbocycles. The molecule has 2 aromatic rings. The van der Waals surface area contributed by atoms with Crippen molar-refractivity contribution in [3.8, 4) is 0 Å². The van der Waals surface area contributed by atoms with Gasteiger partial charge < -0.3 is 5.11 Å². The fourth-order valence-corrected chi connectivity index (χ4v) is 2.09. The van der Waals surface area contributed by atoms with Gasteiger partial charge in [-0.05, 0) is 12.5 Å². The molecule has 0 spiro atoms. The van der Waals surface area contributed by atoms with Gasteiger partial charge in [-0.25, -0.2) is 0 Å². The van der Waals surface area contributed by atoms with Crippen LogP contribution in [0.2, 0.25) is 0 Å². The van der Waals surface area contributed by atoms with Crippen molar-refractivity contribution < 1.29 is 18.3 Å². The number of halogens is 3. The predicted octanol–water partition coefficient (Wildman–Crippen LogP) is 2.82. The van der Waals surface area contributed by atoms with Gasteiger partial charge in [0.1, 0.15) is 0 Å². The Morgan fingerprint density at radius 3 is 2.68 bits per heavy atom. The number of alkyl halides is 3. The first-order valence-electron chi connectivity index (χ1n) is 6.02. The summed E-state index contributed by atoms with van der Waals surface area (Å²) in [6.45, 7) is 0. The van der Waals surface area contributed by atoms with E-state index >= 15 is 0 Å². The average molecular weight is 272 g/mol. The summed E-state index contributed by atoms with van der Waals surface area (Å²) in [4.78, 5) is 0. The van der Waals surface area contributed by atoms with Crippen molar-refractivity contribution in [2.45, 2.75) is 31.5 Å². The molecule has 0 bridgehead atoms. The van der Waals surface area contributed by atoms with Crippen molar-refractivity contribution >= 4 is 10.9 Å². The van der Waals surface area contributed by atoms with Gasteiger partial charge in [-0.15, -0.1) is 0 Å². The molecule has 104 valence electrons. The molecular weight excluding hydrogens is 257 g/mol. The van der Waals surface area contributed by atoms with Gasteiger partial charge in [0.2, 0.25) is 0 Å². The molecular formula is C13H15F3N2O. The van der Waals surface area contributed by atoms with Gasteiger partial charge in [0.25, 0.3) is 0 Å². The summed E-state index contributed by atoms with van der Waals surface area (Å²) in [7, 11) is 1.77. The van der Waals surface area contributed by atoms with E-state index in [0.29, 0.717) is 5.69 Å². The van der Waals surface area contributed by atoms with Gasteiger partial charge >= 0.3 is 6.18 Å². The van der Waals surface area contributed by atoms with Crippen LogP contribution in [0.4, 0.5) is 13.2 Å². The number of aliphatic hydroxyl groups excluding tert-OH is 1. The smallest absolute Gasteiger partial charge is 0.389 e. The van der Waals surface area contributed by atoms with E-state index in [4.69, 9.17) is 0 Å². The summed E-state index contributed by atoms with van der Waals surface area (Å²) < 4.78 is 37.9. The number of para-hydroxylation sites is 1. The molecule has 0 saturated carbocycles. The Kier molecular flexibility index (Phi) is 3.80. The summed E-state index contributed by atoms with van der Waals surface area (Å²) in [6.07, 6.45) is -6.39. The van der Waals surface area contributed by atoms with Gasteiger partial charge in [0.05, 0.1) is 17.3 Å². The van der Waals surface area contributed by atoms with E-state index in [2.05, 4.69) is 5.10 Å². The highest BCUT2D eigenvalue weighted by atomic mass is 19.4. The maximum absolute atomic E-state index is 12.1. The topological polar surface area (TPSA) is 38.0 Å². The number of rotatable bonds is 4. The minimum Gasteiger partial charge on any atom is -0.393 e. The van der Waals surface area contributed by atoms with Gasteiger partial charge in [-0.1, -0.05) is 18.2 Å². The maximum Gasteiger partial charge on any atom is 0.389 e. The number of fused-ring (bicyclic) bond motifs is 1. The zero-order valence-electron chi connectivity index (χ0n) is 10.5. The summed E-state index contributed by atoms with van der Waals surface area (Å²) >= 11 is 0. The van der Waals surface area contributed by atoms with Crippen LogP contribution in [0.3, 0.4) is 0 Å². The molecule has 3 nitrogen and oxygen atoms in total. The fourth-order valence-electron chi connectivity index (χ4n) is 2.09. The minimum absolute atomic E-state index is 0.136. The summed E-state index contributed by atoms with van der Waals surface area (Å²) in [5.74, 6) is 0. The van der Waals surface area contributed by atoms with Gasteiger partial charge in [-0.2, -0.15) is 18.3 Å². The van der Waals surface area contributed by atoms with Crippen LogP contribution in [-0.2, 0) is 13.5 Å². The molecule has 0 saturated heterocycles. The lowest BCUT2D eigenvalue weighted by molar-refractivity contribution is -0.139. The Bertz CT molecular complexity index is 563. The number of nitrogens with zero attached hydrogens (tertiary/aromatic N) is 2. The van der Waals surface area contributed by atoms with Crippen molar-refractivity contribution in [1.82, 2.24) is 9.78 Å². The van der Waals surface area contributed by atoms with E-state index in [1.54, 1.807) is 11.7 Å². The first kappa shape index (κ1) is 13.9. The number of aliphatic hydroxyl groups is 1. The maximum atomic E-state index is 12.1. The van der Waals surface area contributed by atoms with Crippen molar-refractivity contribution in [2.24, 2.45) is 7.05 Å². The largest absolute Gasteiger partial charge is 0.393 e. The second-order valence-corrected chi connectivity index (χ2v) is 4.60. The molecule has 1 unspecified atom stereocenters. The molecule has 0 amide bonds. The lowest BCUT2D eigenvalue weighted by Gasteiger charge is -2.11. The molecule has 0 aliphatic rings. The van der Waals surface area contributed by atoms with E-state index in [1.165, 1.54) is 0 Å². The van der Waals surface area contributed by atoms with Crippen LogP contribution < -0.4 is 0 Å². The molecule has 0 radical (unpaired) electrons. The highest BCUT2D eigenvalue weighted by Crippen LogP contribution is 2.24. The first-order chi connectivity index (χ1) is 8.87. The Morgan fingerprint density at radius 2 is 2.00 bits per heavy atom.